The number of nitrogens with one attached hydrogen (secondary N) is 2. The zero-order valence-electron chi connectivity index (χ0n) is 13.0. The Kier molecular flexibility index (Phi) is 3.86. The summed E-state index contributed by atoms with van der Waals surface area (Å²) in [6.45, 7) is 2.29. The van der Waals surface area contributed by atoms with Crippen molar-refractivity contribution in [2.45, 2.75) is 37.6 Å². The lowest BCUT2D eigenvalue weighted by molar-refractivity contribution is 0.574. The Bertz CT molecular complexity index is 635. The van der Waals surface area contributed by atoms with Crippen LogP contribution in [0.3, 0.4) is 0 Å². The van der Waals surface area contributed by atoms with E-state index in [1.54, 1.807) is 11.1 Å². The van der Waals surface area contributed by atoms with Crippen LogP contribution >= 0.6 is 0 Å². The first kappa shape index (κ1) is 13.8. The topological polar surface area (TPSA) is 24.1 Å². The molecule has 2 aromatic rings. The van der Waals surface area contributed by atoms with Gasteiger partial charge in [-0.15, -0.1) is 0 Å². The van der Waals surface area contributed by atoms with Crippen LogP contribution in [-0.4, -0.2) is 19.1 Å². The van der Waals surface area contributed by atoms with Crippen molar-refractivity contribution in [1.82, 2.24) is 5.32 Å². The van der Waals surface area contributed by atoms with Gasteiger partial charge in [0.25, 0.3) is 0 Å². The minimum atomic E-state index is 0.628. The summed E-state index contributed by atoms with van der Waals surface area (Å²) >= 11 is 0. The van der Waals surface area contributed by atoms with Gasteiger partial charge in [0.2, 0.25) is 0 Å². The maximum absolute atomic E-state index is 3.77. The van der Waals surface area contributed by atoms with Crippen LogP contribution in [0.1, 0.15) is 35.4 Å². The summed E-state index contributed by atoms with van der Waals surface area (Å²) in [6.07, 6.45) is 4.77. The van der Waals surface area contributed by atoms with Gasteiger partial charge in [-0.1, -0.05) is 42.5 Å². The second-order valence-electron chi connectivity index (χ2n) is 6.55. The van der Waals surface area contributed by atoms with Crippen LogP contribution in [0.5, 0.6) is 0 Å². The third kappa shape index (κ3) is 2.64. The van der Waals surface area contributed by atoms with E-state index >= 15 is 0 Å². The van der Waals surface area contributed by atoms with Crippen molar-refractivity contribution in [3.05, 3.63) is 65.2 Å². The molecule has 1 saturated heterocycles. The number of rotatable bonds is 3. The van der Waals surface area contributed by atoms with Crippen LogP contribution in [0.2, 0.25) is 0 Å². The third-order valence-corrected chi connectivity index (χ3v) is 5.18. The average molecular weight is 292 g/mol. The number of hydrogen-bond acceptors (Lipinski definition) is 2. The normalized spacial score (nSPS) is 23.3. The van der Waals surface area contributed by atoms with Crippen molar-refractivity contribution in [3.8, 4) is 0 Å². The fourth-order valence-corrected chi connectivity index (χ4v) is 4.08. The van der Waals surface area contributed by atoms with Gasteiger partial charge in [0.15, 0.2) is 0 Å². The maximum Gasteiger partial charge on any atom is 0.0381 e. The number of aryl methyl sites for hydroxylation is 2. The molecule has 0 amide bonds. The monoisotopic (exact) mass is 292 g/mol. The Balaban J connectivity index is 1.58. The molecule has 2 unspecified atom stereocenters. The van der Waals surface area contributed by atoms with E-state index in [0.717, 1.165) is 25.9 Å². The van der Waals surface area contributed by atoms with Gasteiger partial charge >= 0.3 is 0 Å². The molecule has 0 radical (unpaired) electrons. The summed E-state index contributed by atoms with van der Waals surface area (Å²) in [7, 11) is 0. The van der Waals surface area contributed by atoms with Crippen molar-refractivity contribution >= 4 is 5.69 Å². The Morgan fingerprint density at radius 3 is 2.64 bits per heavy atom. The van der Waals surface area contributed by atoms with Gasteiger partial charge in [-0.3, -0.25) is 0 Å². The van der Waals surface area contributed by atoms with Crippen LogP contribution in [-0.2, 0) is 12.8 Å². The molecule has 2 atom stereocenters. The quantitative estimate of drug-likeness (QED) is 0.900. The lowest BCUT2D eigenvalue weighted by atomic mass is 9.86. The van der Waals surface area contributed by atoms with E-state index in [0.29, 0.717) is 12.0 Å². The van der Waals surface area contributed by atoms with E-state index in [-0.39, 0.29) is 0 Å². The predicted octanol–water partition coefficient (Wildman–Crippen LogP) is 3.73. The first-order chi connectivity index (χ1) is 10.9. The molecule has 114 valence electrons. The van der Waals surface area contributed by atoms with E-state index in [4.69, 9.17) is 0 Å². The highest BCUT2D eigenvalue weighted by atomic mass is 15.0. The Labute approximate surface area is 132 Å². The summed E-state index contributed by atoms with van der Waals surface area (Å²) < 4.78 is 0. The molecule has 0 spiro atoms. The van der Waals surface area contributed by atoms with Crippen LogP contribution in [0.4, 0.5) is 5.69 Å². The molecular formula is C20H24N2. The Hall–Kier alpha value is -1.80. The molecule has 2 N–H and O–H groups in total. The molecule has 1 fully saturated rings. The van der Waals surface area contributed by atoms with E-state index in [2.05, 4.69) is 59.2 Å². The van der Waals surface area contributed by atoms with Gasteiger partial charge in [-0.25, -0.2) is 0 Å². The van der Waals surface area contributed by atoms with E-state index in [1.807, 2.05) is 0 Å². The van der Waals surface area contributed by atoms with Gasteiger partial charge in [-0.05, 0) is 61.5 Å². The van der Waals surface area contributed by atoms with Gasteiger partial charge in [0.05, 0.1) is 0 Å². The highest BCUT2D eigenvalue weighted by molar-refractivity contribution is 5.62. The number of anilines is 1. The summed E-state index contributed by atoms with van der Waals surface area (Å²) in [5.41, 5.74) is 5.97. The largest absolute Gasteiger partial charge is 0.381 e. The Morgan fingerprint density at radius 1 is 0.864 bits per heavy atom. The second kappa shape index (κ2) is 6.13. The van der Waals surface area contributed by atoms with Crippen molar-refractivity contribution in [2.24, 2.45) is 0 Å². The minimum Gasteiger partial charge on any atom is -0.381 e. The van der Waals surface area contributed by atoms with Crippen LogP contribution in [0, 0.1) is 0 Å². The molecular weight excluding hydrogens is 268 g/mol. The molecule has 22 heavy (non-hydrogen) atoms. The zero-order chi connectivity index (χ0) is 14.8. The standard InChI is InChI=1S/C20H24N2/c1-2-5-15(6-3-1)9-10-16-7-4-8-19-20(16)17-11-13-21-14-12-18(17)22-19/h1-8,17-18,21-22H,9-14H2. The van der Waals surface area contributed by atoms with Gasteiger partial charge in [0.1, 0.15) is 0 Å². The smallest absolute Gasteiger partial charge is 0.0381 e. The van der Waals surface area contributed by atoms with Crippen molar-refractivity contribution in [1.29, 1.82) is 0 Å². The lowest BCUT2D eigenvalue weighted by Crippen LogP contribution is -2.21. The van der Waals surface area contributed by atoms with E-state index in [9.17, 15) is 0 Å². The van der Waals surface area contributed by atoms with Crippen LogP contribution < -0.4 is 10.6 Å². The highest BCUT2D eigenvalue weighted by Crippen LogP contribution is 2.42. The highest BCUT2D eigenvalue weighted by Gasteiger charge is 2.34. The first-order valence-electron chi connectivity index (χ1n) is 8.55. The summed E-state index contributed by atoms with van der Waals surface area (Å²) in [5, 5.41) is 7.32. The SMILES string of the molecule is c1ccc(CCc2cccc3c2C2CCNCCC2N3)cc1. The summed E-state index contributed by atoms with van der Waals surface area (Å²) in [6, 6.07) is 18.3. The van der Waals surface area contributed by atoms with E-state index in [1.165, 1.54) is 24.1 Å². The van der Waals surface area contributed by atoms with Crippen LogP contribution in [0.25, 0.3) is 0 Å². The van der Waals surface area contributed by atoms with Gasteiger partial charge in [-0.2, -0.15) is 0 Å². The number of fused-ring (bicyclic) bond motifs is 3. The second-order valence-corrected chi connectivity index (χ2v) is 6.55. The summed E-state index contributed by atoms with van der Waals surface area (Å²) in [4.78, 5) is 0. The molecule has 0 aromatic heterocycles. The van der Waals surface area contributed by atoms with Crippen molar-refractivity contribution in [3.63, 3.8) is 0 Å². The van der Waals surface area contributed by atoms with Gasteiger partial charge in [0, 0.05) is 17.6 Å². The predicted molar refractivity (Wildman–Crippen MR) is 92.5 cm³/mol. The molecule has 2 nitrogen and oxygen atoms in total. The first-order valence-corrected chi connectivity index (χ1v) is 8.55. The molecule has 4 rings (SSSR count). The zero-order valence-corrected chi connectivity index (χ0v) is 13.0. The molecule has 0 aliphatic carbocycles. The van der Waals surface area contributed by atoms with E-state index < -0.39 is 0 Å². The maximum atomic E-state index is 3.77. The molecule has 2 aromatic carbocycles. The Morgan fingerprint density at radius 2 is 1.73 bits per heavy atom. The van der Waals surface area contributed by atoms with Crippen molar-refractivity contribution < 1.29 is 0 Å². The fourth-order valence-electron chi connectivity index (χ4n) is 4.08. The fraction of sp³-hybridized carbons (Fsp3) is 0.400. The summed E-state index contributed by atoms with van der Waals surface area (Å²) in [5.74, 6) is 0.692. The number of benzene rings is 2. The minimum absolute atomic E-state index is 0.628. The molecule has 0 saturated carbocycles. The van der Waals surface area contributed by atoms with Crippen LogP contribution in [0.15, 0.2) is 48.5 Å². The third-order valence-electron chi connectivity index (χ3n) is 5.18. The lowest BCUT2D eigenvalue weighted by Gasteiger charge is -2.18. The molecule has 2 aliphatic heterocycles. The number of hydrogen-bond donors (Lipinski definition) is 2. The average Bonchev–Trinajstić information content (AvgIpc) is 2.76. The molecule has 0 bridgehead atoms. The molecule has 2 aliphatic rings. The van der Waals surface area contributed by atoms with Crippen molar-refractivity contribution in [2.75, 3.05) is 18.4 Å². The molecule has 2 heterocycles. The molecule has 2 heteroatoms. The van der Waals surface area contributed by atoms with Gasteiger partial charge < -0.3 is 10.6 Å².